The zero-order valence-corrected chi connectivity index (χ0v) is 17.7. The maximum Gasteiger partial charge on any atom is 0.409 e. The molecule has 33 heavy (non-hydrogen) atoms. The Morgan fingerprint density at radius 2 is 1.48 bits per heavy atom. The van der Waals surface area contributed by atoms with Crippen molar-refractivity contribution < 1.29 is 24.1 Å². The van der Waals surface area contributed by atoms with Gasteiger partial charge in [-0.15, -0.1) is 5.43 Å². The first-order valence-electron chi connectivity index (χ1n) is 10.2. The summed E-state index contributed by atoms with van der Waals surface area (Å²) in [6, 6.07) is 23.7. The molecule has 0 saturated heterocycles. The van der Waals surface area contributed by atoms with Crippen LogP contribution in [0.5, 0.6) is 5.75 Å². The molecule has 1 amide bonds. The average molecular weight is 447 g/mol. The van der Waals surface area contributed by atoms with Crippen LogP contribution in [0.25, 0.3) is 11.1 Å². The zero-order chi connectivity index (χ0) is 23.4. The minimum absolute atomic E-state index is 0.0118. The summed E-state index contributed by atoms with van der Waals surface area (Å²) >= 11 is 0. The maximum atomic E-state index is 12.6. The third-order valence-electron chi connectivity index (χ3n) is 5.37. The Bertz CT molecular complexity index is 1150. The summed E-state index contributed by atoms with van der Waals surface area (Å²) < 4.78 is 10.6. The Labute approximate surface area is 189 Å². The van der Waals surface area contributed by atoms with Gasteiger partial charge in [-0.2, -0.15) is 0 Å². The van der Waals surface area contributed by atoms with E-state index < -0.39 is 22.8 Å². The second-order valence-electron chi connectivity index (χ2n) is 7.65. The minimum atomic E-state index is -2.16. The molecule has 0 bridgehead atoms. The topological polar surface area (TPSA) is 120 Å². The second kappa shape index (κ2) is 8.99. The highest BCUT2D eigenvalue weighted by molar-refractivity contribution is 5.86. The quantitative estimate of drug-likeness (QED) is 0.187. The number of hydrogen-bond donors (Lipinski definition) is 2. The fraction of sp³-hybridized carbons (Fsp3) is 0.167. The molecule has 0 radical (unpaired) electrons. The molecule has 168 valence electrons. The van der Waals surface area contributed by atoms with E-state index in [1.807, 2.05) is 48.5 Å². The van der Waals surface area contributed by atoms with Crippen LogP contribution >= 0.6 is 0 Å². The van der Waals surface area contributed by atoms with Crippen molar-refractivity contribution in [2.24, 2.45) is 0 Å². The average Bonchev–Trinajstić information content (AvgIpc) is 3.11. The number of para-hydroxylation sites is 1. The number of nitrogens with one attached hydrogen (secondary N) is 2. The number of hydrogen-bond acceptors (Lipinski definition) is 6. The lowest BCUT2D eigenvalue weighted by molar-refractivity contribution is -0.557. The van der Waals surface area contributed by atoms with Gasteiger partial charge < -0.3 is 9.47 Å². The maximum absolute atomic E-state index is 12.6. The number of alkyl carbamates (subject to hydrolysis) is 1. The number of nitro groups is 1. The first kappa shape index (κ1) is 21.8. The zero-order valence-electron chi connectivity index (χ0n) is 17.7. The highest BCUT2D eigenvalue weighted by Crippen LogP contribution is 2.44. The fourth-order valence-corrected chi connectivity index (χ4v) is 3.84. The lowest BCUT2D eigenvalue weighted by Crippen LogP contribution is -2.65. The van der Waals surface area contributed by atoms with E-state index in [0.717, 1.165) is 29.2 Å². The van der Waals surface area contributed by atoms with Crippen LogP contribution in [0, 0.1) is 10.1 Å². The first-order valence-corrected chi connectivity index (χ1v) is 10.2. The summed E-state index contributed by atoms with van der Waals surface area (Å²) in [4.78, 5) is 36.3. The monoisotopic (exact) mass is 447 g/mol. The van der Waals surface area contributed by atoms with Gasteiger partial charge >= 0.3 is 12.1 Å². The third-order valence-corrected chi connectivity index (χ3v) is 5.37. The Kier molecular flexibility index (Phi) is 5.95. The van der Waals surface area contributed by atoms with E-state index in [1.165, 1.54) is 12.1 Å². The Hall–Kier alpha value is -4.40. The number of fused-ring (bicyclic) bond motifs is 3. The predicted octanol–water partition coefficient (Wildman–Crippen LogP) is 3.63. The third kappa shape index (κ3) is 4.62. The molecule has 1 aliphatic rings. The summed E-state index contributed by atoms with van der Waals surface area (Å²) in [6.07, 6.45) is -1.00. The van der Waals surface area contributed by atoms with Gasteiger partial charge in [0.05, 0.1) is 0 Å². The molecule has 9 heteroatoms. The van der Waals surface area contributed by atoms with Crippen molar-refractivity contribution in [1.82, 2.24) is 10.7 Å². The van der Waals surface area contributed by atoms with Crippen LogP contribution in [0.3, 0.4) is 0 Å². The molecule has 0 fully saturated rings. The van der Waals surface area contributed by atoms with Gasteiger partial charge in [0.15, 0.2) is 5.03 Å². The van der Waals surface area contributed by atoms with E-state index in [1.54, 1.807) is 23.6 Å². The van der Waals surface area contributed by atoms with Gasteiger partial charge in [-0.1, -0.05) is 66.7 Å². The number of carbonyl (C=O) groups excluding carboxylic acids is 2. The van der Waals surface area contributed by atoms with Crippen LogP contribution in [0.4, 0.5) is 4.79 Å². The molecule has 1 aliphatic carbocycles. The number of carbonyl (C=O) groups is 2. The van der Waals surface area contributed by atoms with E-state index in [0.29, 0.717) is 0 Å². The fourth-order valence-electron chi connectivity index (χ4n) is 3.84. The van der Waals surface area contributed by atoms with Crippen LogP contribution < -0.4 is 15.5 Å². The molecule has 1 atom stereocenters. The van der Waals surface area contributed by atoms with Crippen molar-refractivity contribution in [2.75, 3.05) is 6.61 Å². The number of esters is 1. The van der Waals surface area contributed by atoms with E-state index in [9.17, 15) is 19.7 Å². The van der Waals surface area contributed by atoms with Crippen LogP contribution in [-0.4, -0.2) is 29.4 Å². The molecule has 0 heterocycles. The predicted molar refractivity (Wildman–Crippen MR) is 119 cm³/mol. The van der Waals surface area contributed by atoms with Gasteiger partial charge in [0.2, 0.25) is 0 Å². The summed E-state index contributed by atoms with van der Waals surface area (Å²) in [5, 5.41) is 12.4. The number of benzene rings is 3. The molecular formula is C24H21N3O6. The van der Waals surface area contributed by atoms with Crippen LogP contribution in [-0.2, 0) is 9.53 Å². The van der Waals surface area contributed by atoms with Crippen molar-refractivity contribution >= 4 is 12.1 Å². The number of rotatable bonds is 7. The number of amides is 1. The summed E-state index contributed by atoms with van der Waals surface area (Å²) in [7, 11) is 0. The van der Waals surface area contributed by atoms with E-state index in [4.69, 9.17) is 9.47 Å². The second-order valence-corrected chi connectivity index (χ2v) is 7.65. The number of ether oxygens (including phenoxy) is 2. The molecule has 9 nitrogen and oxygen atoms in total. The summed E-state index contributed by atoms with van der Waals surface area (Å²) in [6.45, 7) is 1.12. The molecule has 3 aromatic carbocycles. The molecule has 1 unspecified atom stereocenters. The summed E-state index contributed by atoms with van der Waals surface area (Å²) in [5.41, 5.74) is 3.79. The van der Waals surface area contributed by atoms with Crippen molar-refractivity contribution in [3.63, 3.8) is 0 Å². The highest BCUT2D eigenvalue weighted by Gasteiger charge is 2.43. The van der Waals surface area contributed by atoms with Gasteiger partial charge in [0.25, 0.3) is 5.66 Å². The molecule has 0 saturated carbocycles. The molecule has 0 aliphatic heterocycles. The lowest BCUT2D eigenvalue weighted by Gasteiger charge is -2.25. The van der Waals surface area contributed by atoms with Crippen LogP contribution in [0.2, 0.25) is 0 Å². The molecule has 0 aromatic heterocycles. The molecular weight excluding hydrogens is 426 g/mol. The first-order chi connectivity index (χ1) is 15.9. The van der Waals surface area contributed by atoms with Crippen LogP contribution in [0.15, 0.2) is 78.9 Å². The lowest BCUT2D eigenvalue weighted by atomic mass is 9.98. The van der Waals surface area contributed by atoms with Gasteiger partial charge in [-0.3, -0.25) is 5.32 Å². The number of hydrazine groups is 1. The molecule has 3 aromatic rings. The standard InChI is InChI=1S/C24H21N3O6/c1-24(26-27(30)31,22(28)33-16-9-3-2-4-10-16)25-23(29)32-15-21-19-13-7-5-11-17(19)18-12-6-8-14-20(18)21/h2-14,21,26H,15H2,1H3,(H,25,29). The minimum Gasteiger partial charge on any atom is -0.448 e. The van der Waals surface area contributed by atoms with Crippen LogP contribution in [0.1, 0.15) is 24.0 Å². The molecule has 0 spiro atoms. The van der Waals surface area contributed by atoms with E-state index in [2.05, 4.69) is 5.32 Å². The SMILES string of the molecule is CC(NC(=O)OCC1c2ccccc2-c2ccccc21)(N[N+](=O)[O-])C(=O)Oc1ccccc1. The normalized spacial score (nSPS) is 13.7. The summed E-state index contributed by atoms with van der Waals surface area (Å²) in [5.74, 6) is -1.10. The van der Waals surface area contributed by atoms with Crippen molar-refractivity contribution in [2.45, 2.75) is 18.5 Å². The Morgan fingerprint density at radius 3 is 2.06 bits per heavy atom. The van der Waals surface area contributed by atoms with Gasteiger partial charge in [0, 0.05) is 5.92 Å². The van der Waals surface area contributed by atoms with Crippen molar-refractivity contribution in [3.05, 3.63) is 100 Å². The van der Waals surface area contributed by atoms with Gasteiger partial charge in [-0.25, -0.2) is 19.7 Å². The van der Waals surface area contributed by atoms with E-state index in [-0.39, 0.29) is 18.3 Å². The van der Waals surface area contributed by atoms with Crippen molar-refractivity contribution in [3.8, 4) is 16.9 Å². The van der Waals surface area contributed by atoms with Crippen molar-refractivity contribution in [1.29, 1.82) is 0 Å². The molecule has 2 N–H and O–H groups in total. The largest absolute Gasteiger partial charge is 0.448 e. The number of nitrogens with zero attached hydrogens (tertiary/aromatic N) is 1. The smallest absolute Gasteiger partial charge is 0.409 e. The Morgan fingerprint density at radius 1 is 0.939 bits per heavy atom. The Balaban J connectivity index is 1.47. The van der Waals surface area contributed by atoms with E-state index >= 15 is 0 Å². The highest BCUT2D eigenvalue weighted by atomic mass is 16.7. The van der Waals surface area contributed by atoms with Gasteiger partial charge in [0.1, 0.15) is 12.4 Å². The van der Waals surface area contributed by atoms with Gasteiger partial charge in [-0.05, 0) is 41.3 Å². The molecule has 4 rings (SSSR count).